The lowest BCUT2D eigenvalue weighted by Gasteiger charge is -2.32. The lowest BCUT2D eigenvalue weighted by Crippen LogP contribution is -2.41. The molecule has 1 heterocycles. The molecule has 1 aliphatic rings. The van der Waals surface area contributed by atoms with Crippen molar-refractivity contribution in [2.24, 2.45) is 0 Å². The van der Waals surface area contributed by atoms with Gasteiger partial charge in [-0.15, -0.1) is 0 Å². The topological polar surface area (TPSA) is 53.7 Å². The van der Waals surface area contributed by atoms with Gasteiger partial charge in [0.1, 0.15) is 11.5 Å². The highest BCUT2D eigenvalue weighted by Gasteiger charge is 2.52. The van der Waals surface area contributed by atoms with Crippen LogP contribution in [0.2, 0.25) is 0 Å². The van der Waals surface area contributed by atoms with Crippen molar-refractivity contribution >= 4 is 18.3 Å². The molecule has 120 valence electrons. The normalized spacial score (nSPS) is 18.9. The predicted molar refractivity (Wildman–Crippen MR) is 93.1 cm³/mol. The third-order valence-corrected chi connectivity index (χ3v) is 4.53. The highest BCUT2D eigenvalue weighted by molar-refractivity contribution is 6.63. The highest BCUT2D eigenvalue weighted by atomic mass is 16.7. The van der Waals surface area contributed by atoms with Gasteiger partial charge >= 0.3 is 7.12 Å². The Bertz CT molecular complexity index is 682. The van der Waals surface area contributed by atoms with Crippen LogP contribution in [0.25, 0.3) is 0 Å². The Morgan fingerprint density at radius 3 is 2.04 bits per heavy atom. The molecule has 0 radical (unpaired) electrons. The van der Waals surface area contributed by atoms with Gasteiger partial charge in [-0.2, -0.15) is 0 Å². The van der Waals surface area contributed by atoms with Crippen molar-refractivity contribution in [2.75, 3.05) is 5.73 Å². The summed E-state index contributed by atoms with van der Waals surface area (Å²) in [5.41, 5.74) is 6.53. The quantitative estimate of drug-likeness (QED) is 0.697. The van der Waals surface area contributed by atoms with Crippen LogP contribution < -0.4 is 15.9 Å². The van der Waals surface area contributed by atoms with Crippen molar-refractivity contribution in [3.05, 3.63) is 48.5 Å². The molecule has 1 aliphatic heterocycles. The van der Waals surface area contributed by atoms with Crippen molar-refractivity contribution < 1.29 is 14.0 Å². The Morgan fingerprint density at radius 2 is 1.43 bits per heavy atom. The van der Waals surface area contributed by atoms with E-state index in [1.54, 1.807) is 0 Å². The molecule has 0 atom stereocenters. The molecule has 0 spiro atoms. The summed E-state index contributed by atoms with van der Waals surface area (Å²) in [5, 5.41) is 0. The van der Waals surface area contributed by atoms with Gasteiger partial charge in [0, 0.05) is 11.2 Å². The molecule has 23 heavy (non-hydrogen) atoms. The number of nitrogens with two attached hydrogens (primary N) is 1. The Hall–Kier alpha value is -1.98. The van der Waals surface area contributed by atoms with Gasteiger partial charge in [-0.05, 0) is 58.0 Å². The molecule has 1 saturated heterocycles. The van der Waals surface area contributed by atoms with Crippen LogP contribution in [0.5, 0.6) is 11.5 Å². The first-order valence-corrected chi connectivity index (χ1v) is 7.76. The van der Waals surface area contributed by atoms with Gasteiger partial charge in [0.25, 0.3) is 0 Å². The first kappa shape index (κ1) is 15.9. The number of nitrogen functional groups attached to an aromatic ring is 1. The monoisotopic (exact) mass is 311 g/mol. The van der Waals surface area contributed by atoms with Gasteiger partial charge in [-0.25, -0.2) is 0 Å². The molecule has 0 aliphatic carbocycles. The zero-order valence-electron chi connectivity index (χ0n) is 14.0. The van der Waals surface area contributed by atoms with E-state index >= 15 is 0 Å². The van der Waals surface area contributed by atoms with E-state index in [4.69, 9.17) is 19.8 Å². The summed E-state index contributed by atoms with van der Waals surface area (Å²) in [4.78, 5) is 0. The summed E-state index contributed by atoms with van der Waals surface area (Å²) in [7, 11) is -0.454. The maximum atomic E-state index is 6.13. The average molecular weight is 311 g/mol. The van der Waals surface area contributed by atoms with E-state index in [1.807, 2.05) is 76.2 Å². The summed E-state index contributed by atoms with van der Waals surface area (Å²) < 4.78 is 18.2. The summed E-state index contributed by atoms with van der Waals surface area (Å²) >= 11 is 0. The maximum absolute atomic E-state index is 6.13. The summed E-state index contributed by atoms with van der Waals surface area (Å²) in [5.74, 6) is 1.44. The third-order valence-electron chi connectivity index (χ3n) is 4.53. The number of rotatable bonds is 3. The molecule has 0 amide bonds. The Morgan fingerprint density at radius 1 is 0.870 bits per heavy atom. The Balaban J connectivity index is 1.88. The van der Waals surface area contributed by atoms with E-state index in [9.17, 15) is 0 Å². The standard InChI is InChI=1S/C18H22BNO3/c1-17(2)18(3,4)23-19(22-17)15-7-5-6-8-16(15)21-14-11-9-13(20)10-12-14/h5-12H,20H2,1-4H3. The molecule has 2 aromatic rings. The second-order valence-corrected chi connectivity index (χ2v) is 6.80. The van der Waals surface area contributed by atoms with E-state index in [0.717, 1.165) is 17.0 Å². The van der Waals surface area contributed by atoms with Crippen molar-refractivity contribution in [2.45, 2.75) is 38.9 Å². The number of benzene rings is 2. The second-order valence-electron chi connectivity index (χ2n) is 6.80. The summed E-state index contributed by atoms with van der Waals surface area (Å²) in [6.07, 6.45) is 0. The van der Waals surface area contributed by atoms with Crippen molar-refractivity contribution in [3.8, 4) is 11.5 Å². The molecule has 4 nitrogen and oxygen atoms in total. The summed E-state index contributed by atoms with van der Waals surface area (Å²) in [6.45, 7) is 8.15. The number of hydrogen-bond donors (Lipinski definition) is 1. The molecule has 0 saturated carbocycles. The predicted octanol–water partition coefficient (Wildman–Crippen LogP) is 3.36. The number of anilines is 1. The molecular weight excluding hydrogens is 289 g/mol. The van der Waals surface area contributed by atoms with Crippen molar-refractivity contribution in [3.63, 3.8) is 0 Å². The van der Waals surface area contributed by atoms with E-state index < -0.39 is 7.12 Å². The lowest BCUT2D eigenvalue weighted by molar-refractivity contribution is 0.00578. The molecular formula is C18H22BNO3. The van der Waals surface area contributed by atoms with Crippen LogP contribution in [0.3, 0.4) is 0 Å². The number of para-hydroxylation sites is 1. The third kappa shape index (κ3) is 3.07. The van der Waals surface area contributed by atoms with E-state index in [1.165, 1.54) is 0 Å². The van der Waals surface area contributed by atoms with Gasteiger partial charge < -0.3 is 19.8 Å². The summed E-state index contributed by atoms with van der Waals surface area (Å²) in [6, 6.07) is 15.1. The fourth-order valence-electron chi connectivity index (χ4n) is 2.40. The van der Waals surface area contributed by atoms with Crippen LogP contribution in [0.1, 0.15) is 27.7 Å². The van der Waals surface area contributed by atoms with E-state index in [0.29, 0.717) is 5.69 Å². The Labute approximate surface area is 137 Å². The SMILES string of the molecule is CC1(C)OB(c2ccccc2Oc2ccc(N)cc2)OC1(C)C. The zero-order valence-corrected chi connectivity index (χ0v) is 14.0. The molecule has 2 aromatic carbocycles. The van der Waals surface area contributed by atoms with Gasteiger partial charge in [-0.3, -0.25) is 0 Å². The molecule has 1 fully saturated rings. The number of hydrogen-bond acceptors (Lipinski definition) is 4. The molecule has 3 rings (SSSR count). The van der Waals surface area contributed by atoms with E-state index in [2.05, 4.69) is 0 Å². The minimum Gasteiger partial charge on any atom is -0.458 e. The van der Waals surface area contributed by atoms with Gasteiger partial charge in [0.05, 0.1) is 11.2 Å². The minimum absolute atomic E-state index is 0.383. The fourth-order valence-corrected chi connectivity index (χ4v) is 2.40. The zero-order chi connectivity index (χ0) is 16.7. The fraction of sp³-hybridized carbons (Fsp3) is 0.333. The van der Waals surface area contributed by atoms with Crippen LogP contribution in [-0.2, 0) is 9.31 Å². The smallest absolute Gasteiger partial charge is 0.458 e. The Kier molecular flexibility index (Phi) is 3.86. The molecule has 5 heteroatoms. The van der Waals surface area contributed by atoms with Gasteiger partial charge in [0.2, 0.25) is 0 Å². The molecule has 0 unspecified atom stereocenters. The van der Waals surface area contributed by atoms with Crippen LogP contribution in [0.4, 0.5) is 5.69 Å². The first-order chi connectivity index (χ1) is 10.8. The number of ether oxygens (including phenoxy) is 1. The molecule has 2 N–H and O–H groups in total. The van der Waals surface area contributed by atoms with Crippen molar-refractivity contribution in [1.82, 2.24) is 0 Å². The lowest BCUT2D eigenvalue weighted by atomic mass is 9.78. The molecule has 0 aromatic heterocycles. The van der Waals surface area contributed by atoms with Crippen molar-refractivity contribution in [1.29, 1.82) is 0 Å². The second kappa shape index (κ2) is 5.58. The largest absolute Gasteiger partial charge is 0.498 e. The first-order valence-electron chi connectivity index (χ1n) is 7.76. The van der Waals surface area contributed by atoms with Gasteiger partial charge in [0.15, 0.2) is 0 Å². The highest BCUT2D eigenvalue weighted by Crippen LogP contribution is 2.37. The van der Waals surface area contributed by atoms with Gasteiger partial charge in [-0.1, -0.05) is 18.2 Å². The molecule has 0 bridgehead atoms. The van der Waals surface area contributed by atoms with Crippen LogP contribution in [-0.4, -0.2) is 18.3 Å². The minimum atomic E-state index is -0.454. The van der Waals surface area contributed by atoms with Crippen LogP contribution in [0, 0.1) is 0 Å². The average Bonchev–Trinajstić information content (AvgIpc) is 2.70. The van der Waals surface area contributed by atoms with E-state index in [-0.39, 0.29) is 11.2 Å². The van der Waals surface area contributed by atoms with Crippen LogP contribution in [0.15, 0.2) is 48.5 Å². The van der Waals surface area contributed by atoms with Crippen LogP contribution >= 0.6 is 0 Å². The maximum Gasteiger partial charge on any atom is 0.498 e.